The van der Waals surface area contributed by atoms with Crippen LogP contribution in [-0.2, 0) is 22.3 Å². The summed E-state index contributed by atoms with van der Waals surface area (Å²) in [5, 5.41) is 3.10. The van der Waals surface area contributed by atoms with Crippen molar-refractivity contribution in [2.24, 2.45) is 10.9 Å². The van der Waals surface area contributed by atoms with Crippen molar-refractivity contribution in [3.05, 3.63) is 35.4 Å². The second-order valence-electron chi connectivity index (χ2n) is 6.11. The third-order valence-corrected chi connectivity index (χ3v) is 4.33. The molecule has 1 aromatic carbocycles. The summed E-state index contributed by atoms with van der Waals surface area (Å²) in [6.07, 6.45) is -3.02. The van der Waals surface area contributed by atoms with Crippen LogP contribution in [0, 0.1) is 5.92 Å². The number of carbonyl (C=O) groups excluding carboxylic acids is 1. The van der Waals surface area contributed by atoms with Gasteiger partial charge in [0.25, 0.3) is 0 Å². The average molecular weight is 499 g/mol. The van der Waals surface area contributed by atoms with E-state index in [0.29, 0.717) is 44.1 Å². The van der Waals surface area contributed by atoms with Gasteiger partial charge in [-0.15, -0.1) is 24.0 Å². The van der Waals surface area contributed by atoms with Crippen LogP contribution in [0.4, 0.5) is 13.2 Å². The average Bonchev–Trinajstić information content (AvgIpc) is 2.62. The van der Waals surface area contributed by atoms with Gasteiger partial charge in [0.2, 0.25) is 0 Å². The minimum absolute atomic E-state index is 0. The van der Waals surface area contributed by atoms with Crippen molar-refractivity contribution in [3.63, 3.8) is 0 Å². The molecule has 0 aromatic heterocycles. The number of likely N-dealkylation sites (tertiary alicyclic amines) is 1. The zero-order valence-corrected chi connectivity index (χ0v) is 17.7. The molecule has 0 spiro atoms. The van der Waals surface area contributed by atoms with Crippen LogP contribution in [0.5, 0.6) is 0 Å². The van der Waals surface area contributed by atoms with Crippen LogP contribution >= 0.6 is 24.0 Å². The molecule has 1 saturated heterocycles. The lowest BCUT2D eigenvalue weighted by Crippen LogP contribution is -2.46. The van der Waals surface area contributed by atoms with Gasteiger partial charge in [0.05, 0.1) is 18.1 Å². The number of nitrogens with zero attached hydrogens (tertiary/aromatic N) is 2. The summed E-state index contributed by atoms with van der Waals surface area (Å²) < 4.78 is 43.4. The number of alkyl halides is 3. The lowest BCUT2D eigenvalue weighted by molar-refractivity contribution is -0.149. The highest BCUT2D eigenvalue weighted by Crippen LogP contribution is 2.29. The van der Waals surface area contributed by atoms with Crippen LogP contribution in [0.15, 0.2) is 29.3 Å². The number of carbonyl (C=O) groups is 1. The van der Waals surface area contributed by atoms with Gasteiger partial charge in [-0.1, -0.05) is 12.1 Å². The van der Waals surface area contributed by atoms with E-state index in [1.165, 1.54) is 6.07 Å². The van der Waals surface area contributed by atoms with Gasteiger partial charge in [-0.2, -0.15) is 13.2 Å². The normalized spacial score (nSPS) is 15.9. The van der Waals surface area contributed by atoms with Crippen LogP contribution in [0.2, 0.25) is 0 Å². The van der Waals surface area contributed by atoms with Gasteiger partial charge in [0, 0.05) is 26.7 Å². The van der Waals surface area contributed by atoms with Crippen LogP contribution in [-0.4, -0.2) is 43.6 Å². The zero-order valence-electron chi connectivity index (χ0n) is 15.4. The molecule has 1 aliphatic heterocycles. The lowest BCUT2D eigenvalue weighted by Gasteiger charge is -2.33. The summed E-state index contributed by atoms with van der Waals surface area (Å²) in [4.78, 5) is 18.0. The van der Waals surface area contributed by atoms with Crippen molar-refractivity contribution < 1.29 is 22.7 Å². The fourth-order valence-electron chi connectivity index (χ4n) is 2.96. The van der Waals surface area contributed by atoms with E-state index in [0.717, 1.165) is 12.1 Å². The molecule has 27 heavy (non-hydrogen) atoms. The Balaban J connectivity index is 0.00000364. The van der Waals surface area contributed by atoms with Gasteiger partial charge in [-0.05, 0) is 37.5 Å². The summed E-state index contributed by atoms with van der Waals surface area (Å²) in [5.41, 5.74) is -0.135. The number of guanidine groups is 1. The summed E-state index contributed by atoms with van der Waals surface area (Å²) in [6, 6.07) is 5.22. The molecule has 9 heteroatoms. The van der Waals surface area contributed by atoms with E-state index in [4.69, 9.17) is 4.74 Å². The van der Waals surface area contributed by atoms with E-state index in [-0.39, 0.29) is 42.4 Å². The highest BCUT2D eigenvalue weighted by atomic mass is 127. The molecule has 0 atom stereocenters. The lowest BCUT2D eigenvalue weighted by atomic mass is 9.97. The first-order valence-corrected chi connectivity index (χ1v) is 8.63. The van der Waals surface area contributed by atoms with Crippen molar-refractivity contribution in [1.82, 2.24) is 10.2 Å². The van der Waals surface area contributed by atoms with Gasteiger partial charge in [0.15, 0.2) is 5.96 Å². The summed E-state index contributed by atoms with van der Waals surface area (Å²) in [6.45, 7) is 3.69. The number of piperidine rings is 1. The molecular formula is C18H25F3IN3O2. The molecule has 2 rings (SSSR count). The van der Waals surface area contributed by atoms with Gasteiger partial charge in [-0.3, -0.25) is 9.79 Å². The molecule has 1 N–H and O–H groups in total. The Morgan fingerprint density at radius 3 is 2.56 bits per heavy atom. The Labute approximate surface area is 174 Å². The van der Waals surface area contributed by atoms with E-state index in [2.05, 4.69) is 10.3 Å². The topological polar surface area (TPSA) is 53.9 Å². The molecule has 0 amide bonds. The highest BCUT2D eigenvalue weighted by molar-refractivity contribution is 14.0. The minimum Gasteiger partial charge on any atom is -0.466 e. The van der Waals surface area contributed by atoms with Gasteiger partial charge in [0.1, 0.15) is 0 Å². The van der Waals surface area contributed by atoms with Gasteiger partial charge in [-0.25, -0.2) is 0 Å². The van der Waals surface area contributed by atoms with Crippen LogP contribution in [0.25, 0.3) is 0 Å². The molecule has 5 nitrogen and oxygen atoms in total. The van der Waals surface area contributed by atoms with Crippen molar-refractivity contribution in [1.29, 1.82) is 0 Å². The zero-order chi connectivity index (χ0) is 19.2. The van der Waals surface area contributed by atoms with Gasteiger partial charge < -0.3 is 15.0 Å². The second kappa shape index (κ2) is 10.7. The van der Waals surface area contributed by atoms with Crippen molar-refractivity contribution in [2.45, 2.75) is 32.5 Å². The molecule has 1 fully saturated rings. The second-order valence-corrected chi connectivity index (χ2v) is 6.11. The molecule has 0 saturated carbocycles. The maximum atomic E-state index is 12.8. The molecule has 0 aliphatic carbocycles. The highest BCUT2D eigenvalue weighted by Gasteiger charge is 2.30. The van der Waals surface area contributed by atoms with E-state index >= 15 is 0 Å². The van der Waals surface area contributed by atoms with E-state index in [9.17, 15) is 18.0 Å². The van der Waals surface area contributed by atoms with E-state index in [1.807, 2.05) is 4.90 Å². The first-order valence-electron chi connectivity index (χ1n) is 8.63. The minimum atomic E-state index is -4.35. The van der Waals surface area contributed by atoms with Crippen molar-refractivity contribution in [3.8, 4) is 0 Å². The third kappa shape index (κ3) is 6.86. The monoisotopic (exact) mass is 499 g/mol. The Morgan fingerprint density at radius 1 is 1.33 bits per heavy atom. The number of halogens is 4. The first-order chi connectivity index (χ1) is 12.3. The largest absolute Gasteiger partial charge is 0.466 e. The van der Waals surface area contributed by atoms with E-state index < -0.39 is 11.7 Å². The number of rotatable bonds is 4. The number of ether oxygens (including phenoxy) is 1. The van der Waals surface area contributed by atoms with Crippen molar-refractivity contribution in [2.75, 3.05) is 26.7 Å². The first kappa shape index (κ1) is 23.5. The molecule has 0 radical (unpaired) electrons. The van der Waals surface area contributed by atoms with Crippen LogP contribution < -0.4 is 5.32 Å². The fourth-order valence-corrected chi connectivity index (χ4v) is 2.96. The molecule has 152 valence electrons. The summed E-state index contributed by atoms with van der Waals surface area (Å²) in [7, 11) is 1.63. The number of nitrogens with one attached hydrogen (secondary N) is 1. The van der Waals surface area contributed by atoms with Gasteiger partial charge >= 0.3 is 12.1 Å². The summed E-state index contributed by atoms with van der Waals surface area (Å²) in [5.74, 6) is 0.344. The Bertz CT molecular complexity index is 645. The van der Waals surface area contributed by atoms with E-state index in [1.54, 1.807) is 20.0 Å². The molecule has 1 aromatic rings. The molecule has 1 heterocycles. The molecule has 0 bridgehead atoms. The number of hydrogen-bond acceptors (Lipinski definition) is 3. The SMILES string of the molecule is CCOC(=O)C1CCN(C(=NC)NCc2cccc(C(F)(F)F)c2)CC1.I. The maximum Gasteiger partial charge on any atom is 0.416 e. The number of aliphatic imine (C=N–C) groups is 1. The standard InChI is InChI=1S/C18H24F3N3O2.HI/c1-3-26-16(25)14-7-9-24(10-8-14)17(22-2)23-12-13-5-4-6-15(11-13)18(19,20)21;/h4-6,11,14H,3,7-10,12H2,1-2H3,(H,22,23);1H. The van der Waals surface area contributed by atoms with Crippen molar-refractivity contribution >= 4 is 35.9 Å². The predicted octanol–water partition coefficient (Wildman–Crippen LogP) is 3.67. The quantitative estimate of drug-likeness (QED) is 0.298. The third-order valence-electron chi connectivity index (χ3n) is 4.33. The molecule has 0 unspecified atom stereocenters. The Hall–Kier alpha value is -1.52. The summed E-state index contributed by atoms with van der Waals surface area (Å²) >= 11 is 0. The fraction of sp³-hybridized carbons (Fsp3) is 0.556. The molecule has 1 aliphatic rings. The number of benzene rings is 1. The number of hydrogen-bond donors (Lipinski definition) is 1. The molecular weight excluding hydrogens is 474 g/mol. The Kier molecular flexibility index (Phi) is 9.34. The van der Waals surface area contributed by atoms with Crippen LogP contribution in [0.1, 0.15) is 30.9 Å². The Morgan fingerprint density at radius 2 is 2.00 bits per heavy atom. The number of esters is 1. The smallest absolute Gasteiger partial charge is 0.416 e. The van der Waals surface area contributed by atoms with Crippen LogP contribution in [0.3, 0.4) is 0 Å². The predicted molar refractivity (Wildman–Crippen MR) is 108 cm³/mol. The maximum absolute atomic E-state index is 12.8.